The lowest BCUT2D eigenvalue weighted by atomic mass is 10.1. The van der Waals surface area contributed by atoms with E-state index < -0.39 is 6.04 Å². The lowest BCUT2D eigenvalue weighted by Crippen LogP contribution is -2.31. The van der Waals surface area contributed by atoms with E-state index in [1.54, 1.807) is 47.6 Å². The molecule has 1 N–H and O–H groups in total. The van der Waals surface area contributed by atoms with Crippen molar-refractivity contribution in [2.45, 2.75) is 25.4 Å². The van der Waals surface area contributed by atoms with E-state index in [0.717, 1.165) is 28.7 Å². The fraction of sp³-hybridized carbons (Fsp3) is 0.192. The number of hydrogen-bond donors (Lipinski definition) is 1. The summed E-state index contributed by atoms with van der Waals surface area (Å²) < 4.78 is 15.5. The van der Waals surface area contributed by atoms with Crippen molar-refractivity contribution >= 4 is 28.5 Å². The van der Waals surface area contributed by atoms with Crippen molar-refractivity contribution in [3.05, 3.63) is 96.1 Å². The number of halogens is 1. The van der Waals surface area contributed by atoms with Crippen LogP contribution in [0.15, 0.2) is 79.1 Å². The Morgan fingerprint density at radius 3 is 2.52 bits per heavy atom. The van der Waals surface area contributed by atoms with Crippen LogP contribution in [-0.2, 0) is 11.3 Å². The van der Waals surface area contributed by atoms with Crippen molar-refractivity contribution in [1.29, 1.82) is 0 Å². The summed E-state index contributed by atoms with van der Waals surface area (Å²) in [6.07, 6.45) is 3.16. The number of nitrogens with one attached hydrogen (secondary N) is 1. The van der Waals surface area contributed by atoms with Crippen LogP contribution in [0.4, 0.5) is 10.1 Å². The number of para-hydroxylation sites is 2. The average Bonchev–Trinajstić information content (AvgIpc) is 3.45. The van der Waals surface area contributed by atoms with E-state index in [-0.39, 0.29) is 17.6 Å². The second kappa shape index (κ2) is 8.86. The predicted molar refractivity (Wildman–Crippen MR) is 124 cm³/mol. The first-order valence-electron chi connectivity index (χ1n) is 10.9. The highest BCUT2D eigenvalue weighted by Crippen LogP contribution is 2.23. The Balaban J connectivity index is 1.39. The molecule has 1 aliphatic rings. The number of anilines is 1. The zero-order chi connectivity index (χ0) is 22.8. The molecule has 33 heavy (non-hydrogen) atoms. The Bertz CT molecular complexity index is 1300. The molecule has 0 radical (unpaired) electrons. The first-order chi connectivity index (χ1) is 16.1. The Morgan fingerprint density at radius 1 is 1.03 bits per heavy atom. The van der Waals surface area contributed by atoms with Gasteiger partial charge >= 0.3 is 0 Å². The van der Waals surface area contributed by atoms with Gasteiger partial charge in [0.1, 0.15) is 5.82 Å². The third-order valence-corrected chi connectivity index (χ3v) is 6.00. The Kier molecular flexibility index (Phi) is 5.60. The van der Waals surface area contributed by atoms with Crippen LogP contribution in [0.1, 0.15) is 34.8 Å². The number of imidazole rings is 1. The number of carbonyl (C=O) groups excluding carboxylic acids is 2. The van der Waals surface area contributed by atoms with Gasteiger partial charge in [-0.05, 0) is 60.5 Å². The molecule has 1 atom stereocenters. The van der Waals surface area contributed by atoms with Crippen molar-refractivity contribution in [1.82, 2.24) is 14.9 Å². The van der Waals surface area contributed by atoms with Gasteiger partial charge in [0.05, 0.1) is 23.4 Å². The van der Waals surface area contributed by atoms with Crippen molar-refractivity contribution in [2.24, 2.45) is 0 Å². The molecule has 2 amide bonds. The molecule has 1 aliphatic heterocycles. The number of fused-ring (bicyclic) bond motifs is 1. The van der Waals surface area contributed by atoms with Gasteiger partial charge in [0, 0.05) is 30.8 Å². The number of nitrogens with zero attached hydrogens (tertiary/aromatic N) is 3. The highest BCUT2D eigenvalue weighted by molar-refractivity contribution is 5.97. The molecule has 1 aromatic heterocycles. The van der Waals surface area contributed by atoms with Gasteiger partial charge in [-0.1, -0.05) is 24.3 Å². The number of hydrogen-bond acceptors (Lipinski definition) is 3. The summed E-state index contributed by atoms with van der Waals surface area (Å²) in [5, 5.41) is 3.08. The number of benzene rings is 3. The molecule has 3 aromatic carbocycles. The normalized spacial score (nSPS) is 14.6. The maximum atomic E-state index is 13.5. The van der Waals surface area contributed by atoms with E-state index >= 15 is 0 Å². The fourth-order valence-electron chi connectivity index (χ4n) is 4.24. The molecule has 0 saturated carbocycles. The number of aromatic nitrogens is 2. The fourth-order valence-corrected chi connectivity index (χ4v) is 4.24. The molecule has 5 rings (SSSR count). The number of carbonyl (C=O) groups is 2. The zero-order valence-electron chi connectivity index (χ0n) is 17.9. The quantitative estimate of drug-likeness (QED) is 0.479. The summed E-state index contributed by atoms with van der Waals surface area (Å²) in [7, 11) is 0. The predicted octanol–water partition coefficient (Wildman–Crippen LogP) is 4.47. The lowest BCUT2D eigenvalue weighted by Gasteiger charge is -2.21. The third kappa shape index (κ3) is 4.35. The summed E-state index contributed by atoms with van der Waals surface area (Å²) in [6, 6.07) is 20.6. The van der Waals surface area contributed by atoms with Gasteiger partial charge < -0.3 is 14.8 Å². The van der Waals surface area contributed by atoms with Crippen LogP contribution < -0.4 is 10.2 Å². The summed E-state index contributed by atoms with van der Waals surface area (Å²) in [5.74, 6) is -0.465. The van der Waals surface area contributed by atoms with E-state index in [0.29, 0.717) is 25.1 Å². The van der Waals surface area contributed by atoms with Crippen LogP contribution in [0.2, 0.25) is 0 Å². The minimum Gasteiger partial charge on any atom is -0.343 e. The second-order valence-electron chi connectivity index (χ2n) is 8.16. The van der Waals surface area contributed by atoms with Crippen molar-refractivity contribution in [3.63, 3.8) is 0 Å². The van der Waals surface area contributed by atoms with E-state index in [2.05, 4.69) is 10.3 Å². The van der Waals surface area contributed by atoms with Crippen LogP contribution in [0.25, 0.3) is 11.0 Å². The minimum atomic E-state index is -0.393. The Hall–Kier alpha value is -4.00. The van der Waals surface area contributed by atoms with E-state index in [4.69, 9.17) is 0 Å². The molecule has 1 unspecified atom stereocenters. The van der Waals surface area contributed by atoms with Gasteiger partial charge in [-0.25, -0.2) is 9.37 Å². The standard InChI is InChI=1S/C26H23FN4O2/c27-20-11-7-18(8-12-20)23(16-30-17-28-22-4-1-2-5-24(22)30)29-26(33)19-9-13-21(14-10-19)31-15-3-6-25(31)32/h1-2,4-5,7-14,17,23H,3,6,15-16H2,(H,29,33). The number of amides is 2. The average molecular weight is 442 g/mol. The molecule has 2 heterocycles. The maximum absolute atomic E-state index is 13.5. The van der Waals surface area contributed by atoms with Crippen molar-refractivity contribution in [2.75, 3.05) is 11.4 Å². The first kappa shape index (κ1) is 20.9. The number of rotatable bonds is 6. The molecule has 6 nitrogen and oxygen atoms in total. The highest BCUT2D eigenvalue weighted by Gasteiger charge is 2.22. The van der Waals surface area contributed by atoms with Crippen LogP contribution in [0.3, 0.4) is 0 Å². The van der Waals surface area contributed by atoms with E-state index in [1.807, 2.05) is 28.8 Å². The van der Waals surface area contributed by atoms with Crippen LogP contribution in [0, 0.1) is 5.82 Å². The Morgan fingerprint density at radius 2 is 1.79 bits per heavy atom. The summed E-state index contributed by atoms with van der Waals surface area (Å²) >= 11 is 0. The topological polar surface area (TPSA) is 67.2 Å². The maximum Gasteiger partial charge on any atom is 0.251 e. The van der Waals surface area contributed by atoms with Gasteiger partial charge in [-0.2, -0.15) is 0 Å². The van der Waals surface area contributed by atoms with Crippen molar-refractivity contribution in [3.8, 4) is 0 Å². The molecular weight excluding hydrogens is 419 g/mol. The molecule has 0 spiro atoms. The first-order valence-corrected chi connectivity index (χ1v) is 10.9. The molecule has 1 fully saturated rings. The minimum absolute atomic E-state index is 0.108. The lowest BCUT2D eigenvalue weighted by molar-refractivity contribution is -0.117. The zero-order valence-corrected chi connectivity index (χ0v) is 17.9. The van der Waals surface area contributed by atoms with Crippen LogP contribution in [0.5, 0.6) is 0 Å². The molecule has 0 bridgehead atoms. The smallest absolute Gasteiger partial charge is 0.251 e. The van der Waals surface area contributed by atoms with Gasteiger partial charge in [-0.15, -0.1) is 0 Å². The van der Waals surface area contributed by atoms with Crippen molar-refractivity contribution < 1.29 is 14.0 Å². The van der Waals surface area contributed by atoms with Gasteiger partial charge in [0.2, 0.25) is 5.91 Å². The summed E-state index contributed by atoms with van der Waals surface area (Å²) in [4.78, 5) is 31.2. The third-order valence-electron chi connectivity index (χ3n) is 6.00. The monoisotopic (exact) mass is 442 g/mol. The highest BCUT2D eigenvalue weighted by atomic mass is 19.1. The summed E-state index contributed by atoms with van der Waals surface area (Å²) in [5.41, 5.74) is 3.91. The molecule has 0 aliphatic carbocycles. The Labute approximate surface area is 190 Å². The van der Waals surface area contributed by atoms with Crippen LogP contribution in [-0.4, -0.2) is 27.9 Å². The van der Waals surface area contributed by atoms with Gasteiger partial charge in [0.15, 0.2) is 0 Å². The van der Waals surface area contributed by atoms with E-state index in [9.17, 15) is 14.0 Å². The molecule has 166 valence electrons. The van der Waals surface area contributed by atoms with Gasteiger partial charge in [-0.3, -0.25) is 9.59 Å². The molecular formula is C26H23FN4O2. The molecule has 4 aromatic rings. The second-order valence-corrected chi connectivity index (χ2v) is 8.16. The summed E-state index contributed by atoms with van der Waals surface area (Å²) in [6.45, 7) is 1.15. The molecule has 7 heteroatoms. The largest absolute Gasteiger partial charge is 0.343 e. The molecule has 1 saturated heterocycles. The van der Waals surface area contributed by atoms with Gasteiger partial charge in [0.25, 0.3) is 5.91 Å². The SMILES string of the molecule is O=C(NC(Cn1cnc2ccccc21)c1ccc(F)cc1)c1ccc(N2CCCC2=O)cc1. The van der Waals surface area contributed by atoms with Crippen LogP contribution >= 0.6 is 0 Å². The van der Waals surface area contributed by atoms with E-state index in [1.165, 1.54) is 12.1 Å².